The quantitative estimate of drug-likeness (QED) is 0.304. The van der Waals surface area contributed by atoms with Crippen LogP contribution >= 0.6 is 58.2 Å². The molecular formula is C18H14Cl4F2N2O4S. The Labute approximate surface area is 200 Å². The fourth-order valence-corrected chi connectivity index (χ4v) is 3.96. The average Bonchev–Trinajstić information content (AvgIpc) is 2.96. The van der Waals surface area contributed by atoms with Crippen molar-refractivity contribution >= 4 is 75.3 Å². The third-order valence-corrected chi connectivity index (χ3v) is 5.82. The molecule has 6 nitrogen and oxygen atoms in total. The summed E-state index contributed by atoms with van der Waals surface area (Å²) in [4.78, 5) is 23.5. The van der Waals surface area contributed by atoms with Crippen LogP contribution in [0.1, 0.15) is 12.5 Å². The van der Waals surface area contributed by atoms with Crippen LogP contribution in [0, 0.1) is 0 Å². The van der Waals surface area contributed by atoms with E-state index in [1.54, 1.807) is 6.92 Å². The molecule has 0 unspecified atom stereocenters. The SMILES string of the molecule is CCOC(=O)CSC(=O)C(Cl)=Cc1cc(-c2nn(C)c(OC(F)F)c2Cl)c(Cl)cc1Cl. The van der Waals surface area contributed by atoms with Gasteiger partial charge in [0.1, 0.15) is 10.7 Å². The molecule has 2 rings (SSSR count). The Kier molecular flexibility index (Phi) is 9.45. The summed E-state index contributed by atoms with van der Waals surface area (Å²) in [6.45, 7) is -1.26. The summed E-state index contributed by atoms with van der Waals surface area (Å²) in [6, 6.07) is 2.81. The lowest BCUT2D eigenvalue weighted by Crippen LogP contribution is -2.08. The van der Waals surface area contributed by atoms with Gasteiger partial charge in [0.05, 0.1) is 22.4 Å². The minimum atomic E-state index is -3.10. The van der Waals surface area contributed by atoms with E-state index in [9.17, 15) is 18.4 Å². The van der Waals surface area contributed by atoms with Gasteiger partial charge in [0.15, 0.2) is 0 Å². The predicted molar refractivity (Wildman–Crippen MR) is 118 cm³/mol. The highest BCUT2D eigenvalue weighted by Crippen LogP contribution is 2.40. The molecule has 1 aromatic carbocycles. The van der Waals surface area contributed by atoms with Crippen LogP contribution in [0.15, 0.2) is 17.2 Å². The third-order valence-electron chi connectivity index (χ3n) is 3.59. The van der Waals surface area contributed by atoms with Crippen LogP contribution in [0.5, 0.6) is 5.88 Å². The first-order valence-corrected chi connectivity index (χ1v) is 10.9. The van der Waals surface area contributed by atoms with Crippen LogP contribution in [-0.2, 0) is 21.4 Å². The molecule has 0 spiro atoms. The highest BCUT2D eigenvalue weighted by atomic mass is 35.5. The number of benzene rings is 1. The lowest BCUT2D eigenvalue weighted by atomic mass is 10.1. The van der Waals surface area contributed by atoms with Crippen molar-refractivity contribution < 1.29 is 27.8 Å². The second kappa shape index (κ2) is 11.4. The summed E-state index contributed by atoms with van der Waals surface area (Å²) in [7, 11) is 1.37. The minimum Gasteiger partial charge on any atom is -0.465 e. The van der Waals surface area contributed by atoms with Gasteiger partial charge in [0.25, 0.3) is 0 Å². The second-order valence-electron chi connectivity index (χ2n) is 5.70. The van der Waals surface area contributed by atoms with E-state index in [4.69, 9.17) is 51.1 Å². The Hall–Kier alpha value is -1.52. The second-order valence-corrected chi connectivity index (χ2v) is 8.24. The number of halogens is 6. The minimum absolute atomic E-state index is 0.0651. The van der Waals surface area contributed by atoms with Crippen LogP contribution in [0.25, 0.3) is 17.3 Å². The number of esters is 1. The van der Waals surface area contributed by atoms with Crippen molar-refractivity contribution in [3.8, 4) is 17.1 Å². The molecule has 0 fully saturated rings. The largest absolute Gasteiger partial charge is 0.465 e. The van der Waals surface area contributed by atoms with E-state index in [-0.39, 0.29) is 55.2 Å². The van der Waals surface area contributed by atoms with E-state index in [1.807, 2.05) is 0 Å². The van der Waals surface area contributed by atoms with Gasteiger partial charge in [0.2, 0.25) is 11.0 Å². The number of thioether (sulfide) groups is 1. The number of rotatable bonds is 8. The number of aromatic nitrogens is 2. The van der Waals surface area contributed by atoms with Crippen LogP contribution in [-0.4, -0.2) is 39.8 Å². The van der Waals surface area contributed by atoms with Gasteiger partial charge in [-0.25, -0.2) is 4.68 Å². The number of carbonyl (C=O) groups excluding carboxylic acids is 2. The van der Waals surface area contributed by atoms with E-state index in [0.717, 1.165) is 4.68 Å². The molecule has 168 valence electrons. The van der Waals surface area contributed by atoms with E-state index < -0.39 is 17.7 Å². The van der Waals surface area contributed by atoms with Gasteiger partial charge in [-0.3, -0.25) is 9.59 Å². The molecule has 1 aromatic heterocycles. The number of nitrogens with zero attached hydrogens (tertiary/aromatic N) is 2. The van der Waals surface area contributed by atoms with Crippen molar-refractivity contribution in [1.82, 2.24) is 9.78 Å². The molecule has 0 radical (unpaired) electrons. The average molecular weight is 534 g/mol. The zero-order valence-corrected chi connectivity index (χ0v) is 19.8. The normalized spacial score (nSPS) is 11.7. The first-order chi connectivity index (χ1) is 14.5. The molecule has 0 aliphatic rings. The van der Waals surface area contributed by atoms with Crippen LogP contribution in [0.2, 0.25) is 15.1 Å². The van der Waals surface area contributed by atoms with Gasteiger partial charge < -0.3 is 9.47 Å². The zero-order chi connectivity index (χ0) is 23.3. The van der Waals surface area contributed by atoms with Gasteiger partial charge >= 0.3 is 12.6 Å². The summed E-state index contributed by atoms with van der Waals surface area (Å²) >= 11 is 25.3. The van der Waals surface area contributed by atoms with E-state index in [2.05, 4.69) is 9.84 Å². The van der Waals surface area contributed by atoms with Gasteiger partial charge in [0, 0.05) is 17.6 Å². The maximum atomic E-state index is 12.6. The summed E-state index contributed by atoms with van der Waals surface area (Å²) in [5.41, 5.74) is 0.600. The Morgan fingerprint density at radius 2 is 1.94 bits per heavy atom. The molecule has 0 atom stereocenters. The molecule has 0 N–H and O–H groups in total. The summed E-state index contributed by atoms with van der Waals surface area (Å²) < 4.78 is 35.4. The number of alkyl halides is 2. The monoisotopic (exact) mass is 532 g/mol. The number of ether oxygens (including phenoxy) is 2. The van der Waals surface area contributed by atoms with Crippen molar-refractivity contribution in [2.45, 2.75) is 13.5 Å². The fraction of sp³-hybridized carbons (Fsp3) is 0.278. The van der Waals surface area contributed by atoms with Crippen molar-refractivity contribution in [3.05, 3.63) is 37.8 Å². The highest BCUT2D eigenvalue weighted by molar-refractivity contribution is 8.14. The molecule has 31 heavy (non-hydrogen) atoms. The number of hydrogen-bond acceptors (Lipinski definition) is 6. The van der Waals surface area contributed by atoms with E-state index in [0.29, 0.717) is 11.8 Å². The molecule has 0 aliphatic carbocycles. The molecule has 1 heterocycles. The van der Waals surface area contributed by atoms with Crippen molar-refractivity contribution in [2.24, 2.45) is 7.05 Å². The molecule has 0 bridgehead atoms. The Bertz CT molecular complexity index is 1030. The molecular weight excluding hydrogens is 520 g/mol. The Balaban J connectivity index is 2.36. The summed E-state index contributed by atoms with van der Waals surface area (Å²) in [5, 5.41) is 3.38. The summed E-state index contributed by atoms with van der Waals surface area (Å²) in [5.74, 6) is -1.10. The molecule has 0 saturated heterocycles. The van der Waals surface area contributed by atoms with Gasteiger partial charge in [-0.05, 0) is 30.7 Å². The summed E-state index contributed by atoms with van der Waals surface area (Å²) in [6.07, 6.45) is 1.28. The lowest BCUT2D eigenvalue weighted by molar-refractivity contribution is -0.139. The highest BCUT2D eigenvalue weighted by Gasteiger charge is 2.23. The van der Waals surface area contributed by atoms with Crippen molar-refractivity contribution in [1.29, 1.82) is 0 Å². The first kappa shape index (κ1) is 25.7. The number of aryl methyl sites for hydroxylation is 1. The molecule has 0 amide bonds. The lowest BCUT2D eigenvalue weighted by Gasteiger charge is -2.07. The number of hydrogen-bond donors (Lipinski definition) is 0. The molecule has 2 aromatic rings. The Morgan fingerprint density at radius 1 is 1.26 bits per heavy atom. The number of carbonyl (C=O) groups is 2. The molecule has 0 aliphatic heterocycles. The third kappa shape index (κ3) is 6.73. The Morgan fingerprint density at radius 3 is 2.55 bits per heavy atom. The topological polar surface area (TPSA) is 70.4 Å². The van der Waals surface area contributed by atoms with Crippen molar-refractivity contribution in [3.63, 3.8) is 0 Å². The maximum absolute atomic E-state index is 12.6. The predicted octanol–water partition coefficient (Wildman–Crippen LogP) is 6.05. The molecule has 0 saturated carbocycles. The molecule has 13 heteroatoms. The zero-order valence-electron chi connectivity index (χ0n) is 15.9. The van der Waals surface area contributed by atoms with Gasteiger partial charge in [-0.1, -0.05) is 58.2 Å². The van der Waals surface area contributed by atoms with E-state index in [1.165, 1.54) is 25.3 Å². The van der Waals surface area contributed by atoms with Crippen LogP contribution < -0.4 is 4.74 Å². The van der Waals surface area contributed by atoms with E-state index >= 15 is 0 Å². The van der Waals surface area contributed by atoms with Crippen LogP contribution in [0.3, 0.4) is 0 Å². The fourth-order valence-electron chi connectivity index (χ4n) is 2.32. The first-order valence-electron chi connectivity index (χ1n) is 8.41. The van der Waals surface area contributed by atoms with Gasteiger partial charge in [-0.15, -0.1) is 0 Å². The van der Waals surface area contributed by atoms with Crippen molar-refractivity contribution in [2.75, 3.05) is 12.4 Å². The maximum Gasteiger partial charge on any atom is 0.388 e. The van der Waals surface area contributed by atoms with Gasteiger partial charge in [-0.2, -0.15) is 13.9 Å². The van der Waals surface area contributed by atoms with Crippen LogP contribution in [0.4, 0.5) is 8.78 Å². The smallest absolute Gasteiger partial charge is 0.388 e. The standard InChI is InChI=1S/C18H14Cl4F2N2O4S/c1-3-29-13(27)7-31-17(28)12(21)5-8-4-9(11(20)6-10(8)19)15-14(22)16(26(2)25-15)30-18(23)24/h4-6,18H,3,7H2,1-2H3.